The van der Waals surface area contributed by atoms with Gasteiger partial charge in [-0.1, -0.05) is 20.8 Å². The zero-order valence-electron chi connectivity index (χ0n) is 11.7. The zero-order chi connectivity index (χ0) is 13.8. The van der Waals surface area contributed by atoms with Gasteiger partial charge >= 0.3 is 0 Å². The molecule has 0 bridgehead atoms. The molecular weight excluding hydrogens is 232 g/mol. The van der Waals surface area contributed by atoms with Gasteiger partial charge in [-0.3, -0.25) is 9.59 Å². The van der Waals surface area contributed by atoms with Gasteiger partial charge < -0.3 is 15.4 Å². The first-order chi connectivity index (χ1) is 8.30. The molecule has 5 heteroatoms. The summed E-state index contributed by atoms with van der Waals surface area (Å²) >= 11 is 0. The summed E-state index contributed by atoms with van der Waals surface area (Å²) in [4.78, 5) is 23.3. The summed E-state index contributed by atoms with van der Waals surface area (Å²) in [6.07, 6.45) is 2.13. The molecule has 0 aromatic carbocycles. The standard InChI is InChI=1S/C13H24N2O3/c1-9(10-6-5-7-18-10)15-11(16)8-14-12(17)13(2,3)4/h9-10H,5-8H2,1-4H3,(H,14,17)(H,15,16)/t9-,10+/m1/s1. The van der Waals surface area contributed by atoms with Gasteiger partial charge in [-0.2, -0.15) is 0 Å². The van der Waals surface area contributed by atoms with Gasteiger partial charge in [0.15, 0.2) is 0 Å². The highest BCUT2D eigenvalue weighted by Crippen LogP contribution is 2.15. The van der Waals surface area contributed by atoms with Crippen LogP contribution in [0.1, 0.15) is 40.5 Å². The van der Waals surface area contributed by atoms with Crippen molar-refractivity contribution in [2.75, 3.05) is 13.2 Å². The van der Waals surface area contributed by atoms with Crippen LogP contribution in [0, 0.1) is 5.41 Å². The summed E-state index contributed by atoms with van der Waals surface area (Å²) in [5.41, 5.74) is -0.472. The van der Waals surface area contributed by atoms with E-state index in [1.54, 1.807) is 0 Å². The van der Waals surface area contributed by atoms with Gasteiger partial charge in [0.05, 0.1) is 18.7 Å². The van der Waals surface area contributed by atoms with Crippen molar-refractivity contribution in [3.63, 3.8) is 0 Å². The lowest BCUT2D eigenvalue weighted by Crippen LogP contribution is -2.47. The number of nitrogens with one attached hydrogen (secondary N) is 2. The van der Waals surface area contributed by atoms with Crippen molar-refractivity contribution in [3.8, 4) is 0 Å². The van der Waals surface area contributed by atoms with Gasteiger partial charge in [0.2, 0.25) is 11.8 Å². The van der Waals surface area contributed by atoms with Crippen molar-refractivity contribution in [3.05, 3.63) is 0 Å². The average molecular weight is 256 g/mol. The number of hydrogen-bond acceptors (Lipinski definition) is 3. The minimum atomic E-state index is -0.472. The first-order valence-corrected chi connectivity index (χ1v) is 6.50. The van der Waals surface area contributed by atoms with Gasteiger partial charge in [0.25, 0.3) is 0 Å². The van der Waals surface area contributed by atoms with Crippen molar-refractivity contribution in [2.24, 2.45) is 5.41 Å². The minimum Gasteiger partial charge on any atom is -0.376 e. The van der Waals surface area contributed by atoms with Crippen molar-refractivity contribution >= 4 is 11.8 Å². The molecule has 1 saturated heterocycles. The Morgan fingerprint density at radius 2 is 2.06 bits per heavy atom. The molecule has 0 spiro atoms. The van der Waals surface area contributed by atoms with Gasteiger partial charge in [0, 0.05) is 12.0 Å². The molecule has 18 heavy (non-hydrogen) atoms. The minimum absolute atomic E-state index is 0.00783. The smallest absolute Gasteiger partial charge is 0.239 e. The van der Waals surface area contributed by atoms with E-state index in [2.05, 4.69) is 10.6 Å². The SMILES string of the molecule is C[C@@H](NC(=O)CNC(=O)C(C)(C)C)[C@@H]1CCCO1. The first-order valence-electron chi connectivity index (χ1n) is 6.50. The quantitative estimate of drug-likeness (QED) is 0.783. The molecule has 5 nitrogen and oxygen atoms in total. The fourth-order valence-electron chi connectivity index (χ4n) is 1.82. The normalized spacial score (nSPS) is 21.4. The predicted octanol–water partition coefficient (Wildman–Crippen LogP) is 0.832. The van der Waals surface area contributed by atoms with Crippen LogP contribution in [-0.2, 0) is 14.3 Å². The maximum atomic E-state index is 11.7. The zero-order valence-corrected chi connectivity index (χ0v) is 11.7. The van der Waals surface area contributed by atoms with E-state index in [1.165, 1.54) is 0 Å². The Labute approximate surface area is 109 Å². The number of carbonyl (C=O) groups is 2. The van der Waals surface area contributed by atoms with E-state index in [9.17, 15) is 9.59 Å². The average Bonchev–Trinajstić information content (AvgIpc) is 2.77. The third-order valence-electron chi connectivity index (χ3n) is 3.00. The van der Waals surface area contributed by atoms with Crippen LogP contribution in [-0.4, -0.2) is 37.1 Å². The number of ether oxygens (including phenoxy) is 1. The van der Waals surface area contributed by atoms with E-state index in [4.69, 9.17) is 4.74 Å². The molecule has 0 aliphatic carbocycles. The van der Waals surface area contributed by atoms with Crippen molar-refractivity contribution in [1.82, 2.24) is 10.6 Å². The van der Waals surface area contributed by atoms with Crippen LogP contribution in [0.2, 0.25) is 0 Å². The van der Waals surface area contributed by atoms with Gasteiger partial charge in [-0.15, -0.1) is 0 Å². The van der Waals surface area contributed by atoms with Crippen molar-refractivity contribution < 1.29 is 14.3 Å². The lowest BCUT2D eigenvalue weighted by Gasteiger charge is -2.21. The lowest BCUT2D eigenvalue weighted by molar-refractivity contribution is -0.131. The Morgan fingerprint density at radius 3 is 2.56 bits per heavy atom. The number of amides is 2. The van der Waals surface area contributed by atoms with Gasteiger partial charge in [0.1, 0.15) is 0 Å². The van der Waals surface area contributed by atoms with Crippen LogP contribution in [0.5, 0.6) is 0 Å². The molecule has 104 valence electrons. The maximum Gasteiger partial charge on any atom is 0.239 e. The highest BCUT2D eigenvalue weighted by molar-refractivity contribution is 5.87. The van der Waals surface area contributed by atoms with Crippen LogP contribution in [0.3, 0.4) is 0 Å². The predicted molar refractivity (Wildman–Crippen MR) is 69.0 cm³/mol. The Hall–Kier alpha value is -1.10. The summed E-state index contributed by atoms with van der Waals surface area (Å²) in [6.45, 7) is 8.16. The Bertz CT molecular complexity index is 304. The number of hydrogen-bond donors (Lipinski definition) is 2. The molecule has 2 amide bonds. The lowest BCUT2D eigenvalue weighted by atomic mass is 9.96. The number of rotatable bonds is 4. The highest BCUT2D eigenvalue weighted by Gasteiger charge is 2.25. The summed E-state index contributed by atoms with van der Waals surface area (Å²) in [5.74, 6) is -0.294. The van der Waals surface area contributed by atoms with Crippen LogP contribution < -0.4 is 10.6 Å². The molecule has 1 aliphatic rings. The van der Waals surface area contributed by atoms with E-state index in [0.29, 0.717) is 0 Å². The molecule has 1 heterocycles. The van der Waals surface area contributed by atoms with E-state index >= 15 is 0 Å². The largest absolute Gasteiger partial charge is 0.376 e. The fraction of sp³-hybridized carbons (Fsp3) is 0.846. The fourth-order valence-corrected chi connectivity index (χ4v) is 1.82. The Balaban J connectivity index is 2.27. The molecule has 2 N–H and O–H groups in total. The van der Waals surface area contributed by atoms with Crippen molar-refractivity contribution in [1.29, 1.82) is 0 Å². The molecule has 1 aliphatic heterocycles. The second kappa shape index (κ2) is 6.18. The Morgan fingerprint density at radius 1 is 1.39 bits per heavy atom. The maximum absolute atomic E-state index is 11.7. The molecule has 0 radical (unpaired) electrons. The molecule has 0 aromatic heterocycles. The third kappa shape index (κ3) is 4.64. The molecule has 0 saturated carbocycles. The topological polar surface area (TPSA) is 67.4 Å². The monoisotopic (exact) mass is 256 g/mol. The summed E-state index contributed by atoms with van der Waals surface area (Å²) in [6, 6.07) is -0.00783. The van der Waals surface area contributed by atoms with Crippen LogP contribution in [0.4, 0.5) is 0 Å². The van der Waals surface area contributed by atoms with E-state index < -0.39 is 5.41 Å². The van der Waals surface area contributed by atoms with E-state index in [-0.39, 0.29) is 30.5 Å². The molecule has 2 atom stereocenters. The van der Waals surface area contributed by atoms with Gasteiger partial charge in [-0.05, 0) is 19.8 Å². The second-order valence-corrected chi connectivity index (χ2v) is 5.84. The second-order valence-electron chi connectivity index (χ2n) is 5.84. The summed E-state index contributed by atoms with van der Waals surface area (Å²) < 4.78 is 5.49. The van der Waals surface area contributed by atoms with E-state index in [0.717, 1.165) is 19.4 Å². The van der Waals surface area contributed by atoms with Crippen molar-refractivity contribution in [2.45, 2.75) is 52.7 Å². The molecule has 1 fully saturated rings. The van der Waals surface area contributed by atoms with Crippen LogP contribution in [0.25, 0.3) is 0 Å². The molecule has 0 aromatic rings. The summed E-state index contributed by atoms with van der Waals surface area (Å²) in [5, 5.41) is 5.48. The number of carbonyl (C=O) groups excluding carboxylic acids is 2. The third-order valence-corrected chi connectivity index (χ3v) is 3.00. The van der Waals surface area contributed by atoms with Gasteiger partial charge in [-0.25, -0.2) is 0 Å². The highest BCUT2D eigenvalue weighted by atomic mass is 16.5. The molecular formula is C13H24N2O3. The van der Waals surface area contributed by atoms with Crippen LogP contribution in [0.15, 0.2) is 0 Å². The first kappa shape index (κ1) is 15.0. The molecule has 1 rings (SSSR count). The van der Waals surface area contributed by atoms with E-state index in [1.807, 2.05) is 27.7 Å². The van der Waals surface area contributed by atoms with Crippen LogP contribution >= 0.6 is 0 Å². The molecule has 0 unspecified atom stereocenters. The summed E-state index contributed by atoms with van der Waals surface area (Å²) in [7, 11) is 0. The Kier molecular flexibility index (Phi) is 5.14.